The summed E-state index contributed by atoms with van der Waals surface area (Å²) in [5.41, 5.74) is 0. The Hall–Kier alpha value is -0.300. The van der Waals surface area contributed by atoms with Crippen LogP contribution < -0.4 is 0 Å². The van der Waals surface area contributed by atoms with Crippen LogP contribution in [0.4, 0.5) is 0 Å². The Kier molecular flexibility index (Phi) is 7.17. The van der Waals surface area contributed by atoms with Gasteiger partial charge in [-0.1, -0.05) is 38.8 Å². The summed E-state index contributed by atoms with van der Waals surface area (Å²) >= 11 is 0. The maximum atomic E-state index is 9.72. The molecule has 1 N–H and O–H groups in total. The average molecular weight is 170 g/mol. The second kappa shape index (κ2) is 7.35. The summed E-state index contributed by atoms with van der Waals surface area (Å²) in [6.45, 7) is 6.32. The van der Waals surface area contributed by atoms with E-state index in [9.17, 15) is 5.11 Å². The molecule has 0 radical (unpaired) electrons. The Bertz CT molecular complexity index is 118. The molecule has 0 aromatic heterocycles. The maximum absolute atomic E-state index is 9.72. The largest absolute Gasteiger partial charge is 0.393 e. The third-order valence-corrected chi connectivity index (χ3v) is 2.34. The van der Waals surface area contributed by atoms with Crippen LogP contribution in [0.15, 0.2) is 12.2 Å². The topological polar surface area (TPSA) is 20.2 Å². The van der Waals surface area contributed by atoms with Crippen molar-refractivity contribution in [1.29, 1.82) is 0 Å². The first-order valence-corrected chi connectivity index (χ1v) is 5.05. The van der Waals surface area contributed by atoms with Crippen LogP contribution in [-0.2, 0) is 0 Å². The number of hydrogen-bond donors (Lipinski definition) is 1. The molecule has 72 valence electrons. The first-order valence-electron chi connectivity index (χ1n) is 5.05. The third kappa shape index (κ3) is 4.55. The van der Waals surface area contributed by atoms with E-state index < -0.39 is 0 Å². The molecule has 0 aliphatic rings. The van der Waals surface area contributed by atoms with E-state index in [2.05, 4.69) is 13.8 Å². The van der Waals surface area contributed by atoms with Gasteiger partial charge in [0.25, 0.3) is 0 Å². The molecule has 0 aliphatic heterocycles. The van der Waals surface area contributed by atoms with Crippen LogP contribution in [0.25, 0.3) is 0 Å². The van der Waals surface area contributed by atoms with Crippen LogP contribution in [0.2, 0.25) is 0 Å². The molecular weight excluding hydrogens is 148 g/mol. The predicted octanol–water partition coefficient (Wildman–Crippen LogP) is 3.14. The number of aliphatic hydroxyl groups excluding tert-OH is 1. The highest BCUT2D eigenvalue weighted by Crippen LogP contribution is 2.18. The van der Waals surface area contributed by atoms with Crippen molar-refractivity contribution in [3.05, 3.63) is 12.2 Å². The molecule has 0 aromatic carbocycles. The van der Waals surface area contributed by atoms with Crippen LogP contribution in [-0.4, -0.2) is 11.2 Å². The SMILES string of the molecule is C/C=C\C[C@H](O)C(CC)CCC. The Morgan fingerprint density at radius 1 is 1.33 bits per heavy atom. The van der Waals surface area contributed by atoms with E-state index in [0.29, 0.717) is 5.92 Å². The van der Waals surface area contributed by atoms with Crippen molar-refractivity contribution >= 4 is 0 Å². The summed E-state index contributed by atoms with van der Waals surface area (Å²) in [6.07, 6.45) is 8.14. The number of allylic oxidation sites excluding steroid dienone is 1. The fraction of sp³-hybridized carbons (Fsp3) is 0.818. The Morgan fingerprint density at radius 2 is 2.00 bits per heavy atom. The van der Waals surface area contributed by atoms with Crippen molar-refractivity contribution in [2.75, 3.05) is 0 Å². The second-order valence-electron chi connectivity index (χ2n) is 3.33. The van der Waals surface area contributed by atoms with Gasteiger partial charge in [0, 0.05) is 0 Å². The summed E-state index contributed by atoms with van der Waals surface area (Å²) in [4.78, 5) is 0. The van der Waals surface area contributed by atoms with Crippen molar-refractivity contribution < 1.29 is 5.11 Å². The number of rotatable bonds is 6. The summed E-state index contributed by atoms with van der Waals surface area (Å²) in [5, 5.41) is 9.72. The minimum atomic E-state index is -0.133. The van der Waals surface area contributed by atoms with Gasteiger partial charge in [0.05, 0.1) is 6.10 Å². The van der Waals surface area contributed by atoms with E-state index in [-0.39, 0.29) is 6.10 Å². The normalized spacial score (nSPS) is 16.7. The van der Waals surface area contributed by atoms with Crippen molar-refractivity contribution in [2.24, 2.45) is 5.92 Å². The smallest absolute Gasteiger partial charge is 0.0602 e. The van der Waals surface area contributed by atoms with E-state index in [0.717, 1.165) is 19.3 Å². The molecular formula is C11H22O. The van der Waals surface area contributed by atoms with Gasteiger partial charge in [0.15, 0.2) is 0 Å². The van der Waals surface area contributed by atoms with Gasteiger partial charge in [0.2, 0.25) is 0 Å². The minimum absolute atomic E-state index is 0.133. The molecule has 0 aromatic rings. The van der Waals surface area contributed by atoms with Gasteiger partial charge in [-0.3, -0.25) is 0 Å². The number of aliphatic hydroxyl groups is 1. The summed E-state index contributed by atoms with van der Waals surface area (Å²) < 4.78 is 0. The Morgan fingerprint density at radius 3 is 2.42 bits per heavy atom. The molecule has 2 atom stereocenters. The molecule has 0 saturated carbocycles. The molecule has 1 nitrogen and oxygen atoms in total. The van der Waals surface area contributed by atoms with Gasteiger partial charge in [-0.25, -0.2) is 0 Å². The van der Waals surface area contributed by atoms with Crippen molar-refractivity contribution in [3.63, 3.8) is 0 Å². The molecule has 0 aliphatic carbocycles. The number of hydrogen-bond acceptors (Lipinski definition) is 1. The van der Waals surface area contributed by atoms with Crippen LogP contribution in [0, 0.1) is 5.92 Å². The summed E-state index contributed by atoms with van der Waals surface area (Å²) in [6, 6.07) is 0. The Balaban J connectivity index is 3.75. The van der Waals surface area contributed by atoms with E-state index >= 15 is 0 Å². The lowest BCUT2D eigenvalue weighted by Crippen LogP contribution is -2.18. The monoisotopic (exact) mass is 170 g/mol. The molecule has 0 heterocycles. The average Bonchev–Trinajstić information content (AvgIpc) is 2.10. The van der Waals surface area contributed by atoms with Crippen LogP contribution in [0.1, 0.15) is 46.5 Å². The fourth-order valence-corrected chi connectivity index (χ4v) is 1.51. The standard InChI is InChI=1S/C11H22O/c1-4-7-9-11(12)10(6-3)8-5-2/h4,7,10-12H,5-6,8-9H2,1-3H3/b7-4-/t10?,11-/m0/s1. The molecule has 0 spiro atoms. The van der Waals surface area contributed by atoms with E-state index in [1.165, 1.54) is 6.42 Å². The first-order chi connectivity index (χ1) is 5.76. The molecule has 1 heteroatoms. The van der Waals surface area contributed by atoms with Crippen LogP contribution in [0.3, 0.4) is 0 Å². The zero-order valence-corrected chi connectivity index (χ0v) is 8.59. The molecule has 0 saturated heterocycles. The van der Waals surface area contributed by atoms with Gasteiger partial charge in [-0.15, -0.1) is 0 Å². The molecule has 1 unspecified atom stereocenters. The molecule has 0 amide bonds. The minimum Gasteiger partial charge on any atom is -0.393 e. The Labute approximate surface area is 76.5 Å². The maximum Gasteiger partial charge on any atom is 0.0602 e. The van der Waals surface area contributed by atoms with Crippen LogP contribution >= 0.6 is 0 Å². The van der Waals surface area contributed by atoms with Gasteiger partial charge in [0.1, 0.15) is 0 Å². The lowest BCUT2D eigenvalue weighted by atomic mass is 9.92. The fourth-order valence-electron chi connectivity index (χ4n) is 1.51. The van der Waals surface area contributed by atoms with Crippen molar-refractivity contribution in [2.45, 2.75) is 52.6 Å². The van der Waals surface area contributed by atoms with Gasteiger partial charge < -0.3 is 5.11 Å². The lowest BCUT2D eigenvalue weighted by molar-refractivity contribution is 0.102. The summed E-state index contributed by atoms with van der Waals surface area (Å²) in [7, 11) is 0. The molecule has 0 fully saturated rings. The van der Waals surface area contributed by atoms with Gasteiger partial charge >= 0.3 is 0 Å². The predicted molar refractivity (Wildman–Crippen MR) is 54.1 cm³/mol. The quantitative estimate of drug-likeness (QED) is 0.607. The van der Waals surface area contributed by atoms with Gasteiger partial charge in [-0.05, 0) is 25.7 Å². The second-order valence-corrected chi connectivity index (χ2v) is 3.33. The molecule has 0 bridgehead atoms. The molecule has 0 rings (SSSR count). The van der Waals surface area contributed by atoms with Gasteiger partial charge in [-0.2, -0.15) is 0 Å². The summed E-state index contributed by atoms with van der Waals surface area (Å²) in [5.74, 6) is 0.492. The van der Waals surface area contributed by atoms with E-state index in [4.69, 9.17) is 0 Å². The zero-order chi connectivity index (χ0) is 9.40. The van der Waals surface area contributed by atoms with E-state index in [1.54, 1.807) is 0 Å². The van der Waals surface area contributed by atoms with Crippen LogP contribution in [0.5, 0.6) is 0 Å². The van der Waals surface area contributed by atoms with Crippen molar-refractivity contribution in [3.8, 4) is 0 Å². The van der Waals surface area contributed by atoms with Crippen molar-refractivity contribution in [1.82, 2.24) is 0 Å². The lowest BCUT2D eigenvalue weighted by Gasteiger charge is -2.19. The third-order valence-electron chi connectivity index (χ3n) is 2.34. The van der Waals surface area contributed by atoms with E-state index in [1.807, 2.05) is 19.1 Å². The highest BCUT2D eigenvalue weighted by molar-refractivity contribution is 4.82. The highest BCUT2D eigenvalue weighted by Gasteiger charge is 2.14. The highest BCUT2D eigenvalue weighted by atomic mass is 16.3. The molecule has 12 heavy (non-hydrogen) atoms. The first kappa shape index (κ1) is 11.7. The zero-order valence-electron chi connectivity index (χ0n) is 8.59.